The summed E-state index contributed by atoms with van der Waals surface area (Å²) in [7, 11) is 0. The highest BCUT2D eigenvalue weighted by molar-refractivity contribution is 5.94. The summed E-state index contributed by atoms with van der Waals surface area (Å²) in [4.78, 5) is 34.0. The second kappa shape index (κ2) is 9.16. The topological polar surface area (TPSA) is 90.2 Å². The zero-order chi connectivity index (χ0) is 25.7. The van der Waals surface area contributed by atoms with Crippen molar-refractivity contribution in [1.82, 2.24) is 14.3 Å². The number of carbonyl (C=O) groups is 1. The van der Waals surface area contributed by atoms with Gasteiger partial charge in [-0.1, -0.05) is 12.1 Å². The van der Waals surface area contributed by atoms with Crippen LogP contribution in [0.2, 0.25) is 0 Å². The number of piperazine rings is 1. The normalized spacial score (nSPS) is 20.4. The number of alkyl halides is 2. The molecule has 10 heteroatoms. The van der Waals surface area contributed by atoms with Gasteiger partial charge in [0.15, 0.2) is 0 Å². The quantitative estimate of drug-likeness (QED) is 0.514. The summed E-state index contributed by atoms with van der Waals surface area (Å²) in [6.45, 7) is 6.41. The fourth-order valence-corrected chi connectivity index (χ4v) is 5.60. The van der Waals surface area contributed by atoms with Crippen LogP contribution in [0.5, 0.6) is 0 Å². The van der Waals surface area contributed by atoms with Gasteiger partial charge in [-0.2, -0.15) is 0 Å². The molecule has 0 amide bonds. The molecule has 2 aliphatic rings. The van der Waals surface area contributed by atoms with Gasteiger partial charge in [-0.25, -0.2) is 18.6 Å². The number of nitrogens with one attached hydrogen (secondary N) is 1. The second-order valence-electron chi connectivity index (χ2n) is 9.79. The van der Waals surface area contributed by atoms with E-state index in [1.54, 1.807) is 35.7 Å². The van der Waals surface area contributed by atoms with Crippen LogP contribution >= 0.6 is 0 Å². The average molecular weight is 498 g/mol. The Bertz CT molecular complexity index is 1390. The summed E-state index contributed by atoms with van der Waals surface area (Å²) >= 11 is 0. The zero-order valence-corrected chi connectivity index (χ0v) is 20.4. The summed E-state index contributed by atoms with van der Waals surface area (Å²) < 4.78 is 27.4. The third-order valence-corrected chi connectivity index (χ3v) is 7.28. The van der Waals surface area contributed by atoms with Gasteiger partial charge >= 0.3 is 5.97 Å². The van der Waals surface area contributed by atoms with E-state index in [9.17, 15) is 23.5 Å². The molecule has 0 radical (unpaired) electrons. The molecular formula is C26H29F2N5O3. The van der Waals surface area contributed by atoms with Crippen LogP contribution in [0.25, 0.3) is 5.65 Å². The first-order valence-electron chi connectivity index (χ1n) is 12.0. The molecule has 4 heterocycles. The van der Waals surface area contributed by atoms with Crippen LogP contribution < -0.4 is 15.8 Å². The average Bonchev–Trinajstić information content (AvgIpc) is 3.41. The van der Waals surface area contributed by atoms with E-state index in [1.165, 1.54) is 6.07 Å². The lowest BCUT2D eigenvalue weighted by atomic mass is 10.1. The van der Waals surface area contributed by atoms with Crippen molar-refractivity contribution in [3.63, 3.8) is 0 Å². The number of hydrogen-bond donors (Lipinski definition) is 2. The van der Waals surface area contributed by atoms with E-state index in [0.717, 1.165) is 17.5 Å². The number of halogens is 2. The number of carboxylic acids is 1. The number of para-hydroxylation sites is 1. The molecule has 1 aromatic carbocycles. The highest BCUT2D eigenvalue weighted by Crippen LogP contribution is 2.35. The van der Waals surface area contributed by atoms with Crippen molar-refractivity contribution < 1.29 is 18.7 Å². The van der Waals surface area contributed by atoms with E-state index < -0.39 is 12.4 Å². The van der Waals surface area contributed by atoms with Crippen molar-refractivity contribution >= 4 is 23.1 Å². The van der Waals surface area contributed by atoms with Crippen LogP contribution in [0.4, 0.5) is 20.3 Å². The fraction of sp³-hybridized carbons (Fsp3) is 0.423. The van der Waals surface area contributed by atoms with E-state index >= 15 is 0 Å². The Morgan fingerprint density at radius 1 is 1.22 bits per heavy atom. The lowest BCUT2D eigenvalue weighted by Gasteiger charge is -2.35. The number of benzene rings is 1. The number of pyridine rings is 1. The number of rotatable bonds is 7. The van der Waals surface area contributed by atoms with Gasteiger partial charge in [0.05, 0.1) is 23.7 Å². The minimum Gasteiger partial charge on any atom is -0.478 e. The van der Waals surface area contributed by atoms with Gasteiger partial charge in [0, 0.05) is 42.6 Å². The summed E-state index contributed by atoms with van der Waals surface area (Å²) in [5.41, 5.74) is 3.10. The molecule has 190 valence electrons. The second-order valence-corrected chi connectivity index (χ2v) is 9.79. The SMILES string of the molecule is Cc1cc([C@@H](C)Nc2ccccc2C(=O)O)c2nc(N3C[C@H]4C[C@@H]3CN4CC(F)F)c(C)c(=O)n2c1. The highest BCUT2D eigenvalue weighted by atomic mass is 19.3. The van der Waals surface area contributed by atoms with Crippen molar-refractivity contribution in [2.45, 2.75) is 51.7 Å². The van der Waals surface area contributed by atoms with Crippen molar-refractivity contribution in [1.29, 1.82) is 0 Å². The van der Waals surface area contributed by atoms with Crippen molar-refractivity contribution in [2.24, 2.45) is 0 Å². The van der Waals surface area contributed by atoms with E-state index in [-0.39, 0.29) is 35.8 Å². The molecule has 5 rings (SSSR count). The number of aryl methyl sites for hydroxylation is 1. The fourth-order valence-electron chi connectivity index (χ4n) is 5.60. The summed E-state index contributed by atoms with van der Waals surface area (Å²) in [5.74, 6) is -0.441. The zero-order valence-electron chi connectivity index (χ0n) is 20.4. The lowest BCUT2D eigenvalue weighted by Crippen LogP contribution is -2.48. The monoisotopic (exact) mass is 497 g/mol. The molecule has 0 saturated carbocycles. The van der Waals surface area contributed by atoms with E-state index in [2.05, 4.69) is 10.2 Å². The van der Waals surface area contributed by atoms with E-state index in [1.807, 2.05) is 24.8 Å². The van der Waals surface area contributed by atoms with E-state index in [0.29, 0.717) is 35.8 Å². The van der Waals surface area contributed by atoms with Crippen molar-refractivity contribution in [3.05, 3.63) is 69.1 Å². The number of hydrogen-bond acceptors (Lipinski definition) is 6. The first-order valence-corrected chi connectivity index (χ1v) is 12.0. The lowest BCUT2D eigenvalue weighted by molar-refractivity contribution is 0.0697. The number of anilines is 2. The highest BCUT2D eigenvalue weighted by Gasteiger charge is 2.45. The summed E-state index contributed by atoms with van der Waals surface area (Å²) in [6, 6.07) is 8.34. The molecule has 36 heavy (non-hydrogen) atoms. The number of aromatic carboxylic acids is 1. The number of aromatic nitrogens is 2. The van der Waals surface area contributed by atoms with Gasteiger partial charge < -0.3 is 15.3 Å². The maximum atomic E-state index is 13.4. The third kappa shape index (κ3) is 4.19. The first kappa shape index (κ1) is 24.2. The molecule has 2 aromatic heterocycles. The Morgan fingerprint density at radius 2 is 1.97 bits per heavy atom. The van der Waals surface area contributed by atoms with Gasteiger partial charge in [0.2, 0.25) is 0 Å². The molecule has 2 fully saturated rings. The number of fused-ring (bicyclic) bond motifs is 3. The minimum absolute atomic E-state index is 0.0225. The molecule has 8 nitrogen and oxygen atoms in total. The molecular weight excluding hydrogens is 468 g/mol. The molecule has 3 aromatic rings. The van der Waals surface area contributed by atoms with Crippen molar-refractivity contribution in [3.8, 4) is 0 Å². The number of carboxylic acid groups (broad SMARTS) is 1. The molecule has 2 saturated heterocycles. The summed E-state index contributed by atoms with van der Waals surface area (Å²) in [6.07, 6.45) is 0.162. The standard InChI is InChI=1S/C26H29F2N5O3/c1-14-8-20(16(3)29-21-7-5-4-6-19(21)26(35)36)24-30-23(15(2)25(34)33(24)10-14)32-12-17-9-18(32)11-31(17)13-22(27)28/h4-8,10,16-18,22,29H,9,11-13H2,1-3H3,(H,35,36)/t16-,17-,18-/m1/s1. The predicted molar refractivity (Wildman–Crippen MR) is 133 cm³/mol. The van der Waals surface area contributed by atoms with Crippen LogP contribution in [0.15, 0.2) is 41.3 Å². The Kier molecular flexibility index (Phi) is 6.15. The third-order valence-electron chi connectivity index (χ3n) is 7.28. The molecule has 3 atom stereocenters. The largest absolute Gasteiger partial charge is 0.478 e. The predicted octanol–water partition coefficient (Wildman–Crippen LogP) is 3.71. The molecule has 0 aliphatic carbocycles. The van der Waals surface area contributed by atoms with Gasteiger partial charge in [-0.15, -0.1) is 0 Å². The molecule has 2 aliphatic heterocycles. The number of nitrogens with zero attached hydrogens (tertiary/aromatic N) is 4. The van der Waals surface area contributed by atoms with Gasteiger partial charge in [0.1, 0.15) is 11.5 Å². The Hall–Kier alpha value is -3.53. The first-order chi connectivity index (χ1) is 17.1. The molecule has 0 spiro atoms. The van der Waals surface area contributed by atoms with E-state index in [4.69, 9.17) is 4.98 Å². The van der Waals surface area contributed by atoms with Crippen LogP contribution in [-0.4, -0.2) is 63.5 Å². The Morgan fingerprint density at radius 3 is 2.64 bits per heavy atom. The molecule has 2 N–H and O–H groups in total. The maximum Gasteiger partial charge on any atom is 0.337 e. The van der Waals surface area contributed by atoms with Crippen LogP contribution in [0, 0.1) is 13.8 Å². The summed E-state index contributed by atoms with van der Waals surface area (Å²) in [5, 5.41) is 12.8. The number of likely N-dealkylation sites (tertiary alicyclic amines) is 1. The van der Waals surface area contributed by atoms with Crippen LogP contribution in [0.1, 0.15) is 46.4 Å². The maximum absolute atomic E-state index is 13.4. The van der Waals surface area contributed by atoms with Crippen LogP contribution in [-0.2, 0) is 0 Å². The smallest absolute Gasteiger partial charge is 0.337 e. The molecule has 0 unspecified atom stereocenters. The van der Waals surface area contributed by atoms with Crippen LogP contribution in [0.3, 0.4) is 0 Å². The van der Waals surface area contributed by atoms with Gasteiger partial charge in [-0.05, 0) is 51.0 Å². The van der Waals surface area contributed by atoms with Crippen molar-refractivity contribution in [2.75, 3.05) is 29.9 Å². The molecule has 2 bridgehead atoms. The minimum atomic E-state index is -2.37. The Balaban J connectivity index is 1.53. The van der Waals surface area contributed by atoms with Gasteiger partial charge in [-0.3, -0.25) is 14.1 Å². The Labute approximate surface area is 207 Å². The van der Waals surface area contributed by atoms with Gasteiger partial charge in [0.25, 0.3) is 12.0 Å².